The fourth-order valence-corrected chi connectivity index (χ4v) is 1.02. The number of carbonyl (C=O) groups excluding carboxylic acids is 1. The minimum absolute atomic E-state index is 0. The van der Waals surface area contributed by atoms with Gasteiger partial charge in [0.2, 0.25) is 0 Å². The van der Waals surface area contributed by atoms with Gasteiger partial charge in [-0.3, -0.25) is 0 Å². The molecule has 1 N–H and O–H groups in total. The number of carbonyl (C=O) groups is 1. The molecule has 0 aromatic heterocycles. The second-order valence-electron chi connectivity index (χ2n) is 2.04. The van der Waals surface area contributed by atoms with Crippen molar-refractivity contribution < 1.29 is 66.4 Å². The van der Waals surface area contributed by atoms with Crippen LogP contribution in [0.5, 0.6) is 5.75 Å². The van der Waals surface area contributed by atoms with Crippen molar-refractivity contribution >= 4 is 29.2 Å². The Balaban J connectivity index is 0.00000144. The van der Waals surface area contributed by atoms with E-state index >= 15 is 0 Å². The molecule has 0 radical (unpaired) electrons. The summed E-state index contributed by atoms with van der Waals surface area (Å²) in [6.07, 6.45) is 0. The summed E-state index contributed by atoms with van der Waals surface area (Å²) in [7, 11) is 0. The predicted molar refractivity (Wildman–Crippen MR) is 42.5 cm³/mol. The third-order valence-corrected chi connectivity index (χ3v) is 2.08. The molecule has 0 bridgehead atoms. The largest absolute Gasteiger partial charge is 1.00 e. The van der Waals surface area contributed by atoms with Gasteiger partial charge in [-0.05, 0) is 12.1 Å². The molecule has 1 aromatic rings. The Labute approximate surface area is 127 Å². The molecule has 13 heavy (non-hydrogen) atoms. The van der Waals surface area contributed by atoms with Crippen LogP contribution in [0.25, 0.3) is 0 Å². The first-order chi connectivity index (χ1) is 5.54. The number of rotatable bonds is 1. The topological polar surface area (TPSA) is 60.4 Å². The van der Waals surface area contributed by atoms with E-state index in [1.54, 1.807) is 0 Å². The Morgan fingerprint density at radius 2 is 1.92 bits per heavy atom. The van der Waals surface area contributed by atoms with Crippen LogP contribution >= 0.6 is 23.2 Å². The van der Waals surface area contributed by atoms with Crippen LogP contribution in [0.4, 0.5) is 0 Å². The van der Waals surface area contributed by atoms with Crippen LogP contribution in [0.3, 0.4) is 0 Å². The first-order valence-corrected chi connectivity index (χ1v) is 3.68. The van der Waals surface area contributed by atoms with Gasteiger partial charge in [0.05, 0.1) is 11.0 Å². The average Bonchev–Trinajstić information content (AvgIpc) is 2.00. The van der Waals surface area contributed by atoms with Gasteiger partial charge in [0.15, 0.2) is 0 Å². The Morgan fingerprint density at radius 3 is 2.38 bits per heavy atom. The van der Waals surface area contributed by atoms with Crippen molar-refractivity contribution in [2.24, 2.45) is 0 Å². The van der Waals surface area contributed by atoms with Crippen molar-refractivity contribution in [3.8, 4) is 5.75 Å². The Morgan fingerprint density at radius 1 is 1.38 bits per heavy atom. The molecule has 64 valence electrons. The molecule has 0 saturated carbocycles. The third kappa shape index (κ3) is 3.09. The monoisotopic (exact) mass is 244 g/mol. The van der Waals surface area contributed by atoms with E-state index in [-0.39, 0.29) is 67.0 Å². The van der Waals surface area contributed by atoms with Gasteiger partial charge in [0, 0.05) is 5.56 Å². The van der Waals surface area contributed by atoms with E-state index in [2.05, 4.69) is 0 Å². The summed E-state index contributed by atoms with van der Waals surface area (Å²) >= 11 is 10.9. The van der Waals surface area contributed by atoms with Crippen LogP contribution in [0.1, 0.15) is 10.4 Å². The van der Waals surface area contributed by atoms with E-state index in [9.17, 15) is 9.90 Å². The van der Waals surface area contributed by atoms with Gasteiger partial charge in [-0.2, -0.15) is 0 Å². The minimum atomic E-state index is -1.49. The molecule has 0 aliphatic carbocycles. The van der Waals surface area contributed by atoms with Crippen molar-refractivity contribution in [2.45, 2.75) is 0 Å². The van der Waals surface area contributed by atoms with E-state index in [1.165, 1.54) is 6.07 Å². The molecule has 0 spiro atoms. The van der Waals surface area contributed by atoms with Crippen molar-refractivity contribution in [3.05, 3.63) is 27.7 Å². The maximum Gasteiger partial charge on any atom is 1.00 e. The van der Waals surface area contributed by atoms with Gasteiger partial charge < -0.3 is 15.0 Å². The van der Waals surface area contributed by atoms with Gasteiger partial charge in [-0.1, -0.05) is 23.2 Å². The van der Waals surface area contributed by atoms with Gasteiger partial charge >= 0.3 is 51.4 Å². The summed E-state index contributed by atoms with van der Waals surface area (Å²) in [6.45, 7) is 0. The van der Waals surface area contributed by atoms with Crippen molar-refractivity contribution in [1.82, 2.24) is 0 Å². The summed E-state index contributed by atoms with van der Waals surface area (Å²) in [5.41, 5.74) is -0.371. The van der Waals surface area contributed by atoms with Crippen LogP contribution in [-0.4, -0.2) is 11.1 Å². The van der Waals surface area contributed by atoms with E-state index in [0.29, 0.717) is 0 Å². The van der Waals surface area contributed by atoms with Gasteiger partial charge in [-0.15, -0.1) is 0 Å². The molecule has 0 unspecified atom stereocenters. The molecule has 3 nitrogen and oxygen atoms in total. The van der Waals surface area contributed by atoms with Crippen molar-refractivity contribution in [2.75, 3.05) is 0 Å². The number of phenols is 1. The molecule has 1 aromatic carbocycles. The summed E-state index contributed by atoms with van der Waals surface area (Å²) < 4.78 is 0. The summed E-state index contributed by atoms with van der Waals surface area (Å²) in [5.74, 6) is -2.06. The predicted octanol–water partition coefficient (Wildman–Crippen LogP) is -1.93. The van der Waals surface area contributed by atoms with Gasteiger partial charge in [0.1, 0.15) is 10.8 Å². The van der Waals surface area contributed by atoms with Crippen molar-refractivity contribution in [1.29, 1.82) is 0 Å². The molecule has 1 rings (SSSR count). The Bertz CT molecular complexity index is 341. The maximum atomic E-state index is 10.3. The van der Waals surface area contributed by atoms with Gasteiger partial charge in [0.25, 0.3) is 0 Å². The molecule has 0 aliphatic rings. The van der Waals surface area contributed by atoms with E-state index in [4.69, 9.17) is 28.3 Å². The first kappa shape index (κ1) is 13.7. The Kier molecular flexibility index (Phi) is 5.86. The van der Waals surface area contributed by atoms with Gasteiger partial charge in [-0.25, -0.2) is 0 Å². The third-order valence-electron chi connectivity index (χ3n) is 1.29. The second kappa shape index (κ2) is 5.55. The molecular formula is C7H3Cl2KO3. The van der Waals surface area contributed by atoms with Crippen LogP contribution in [0, 0.1) is 0 Å². The fraction of sp³-hybridized carbons (Fsp3) is 0. The Hall–Kier alpha value is 0.706. The minimum Gasteiger partial charge on any atom is -0.545 e. The summed E-state index contributed by atoms with van der Waals surface area (Å²) in [5, 5.41) is 19.3. The summed E-state index contributed by atoms with van der Waals surface area (Å²) in [6, 6.07) is 2.40. The zero-order valence-corrected chi connectivity index (χ0v) is 11.3. The van der Waals surface area contributed by atoms with E-state index in [0.717, 1.165) is 6.07 Å². The van der Waals surface area contributed by atoms with Crippen LogP contribution in [0.2, 0.25) is 10.0 Å². The zero-order valence-electron chi connectivity index (χ0n) is 6.67. The summed E-state index contributed by atoms with van der Waals surface area (Å²) in [4.78, 5) is 10.3. The maximum absolute atomic E-state index is 10.3. The first-order valence-electron chi connectivity index (χ1n) is 2.92. The number of carboxylic acid groups (broad SMARTS) is 1. The standard InChI is InChI=1S/C7H4Cl2O3.K/c8-4-2-1-3(7(11)12)6(10)5(4)9;/h1-2,10H,(H,11,12);/q;+1/p-1. The molecular weight excluding hydrogens is 242 g/mol. The molecule has 0 atom stereocenters. The van der Waals surface area contributed by atoms with E-state index in [1.807, 2.05) is 0 Å². The SMILES string of the molecule is O=C([O-])c1ccc(Cl)c(Cl)c1O.[K+]. The second-order valence-corrected chi connectivity index (χ2v) is 2.83. The molecule has 0 aliphatic heterocycles. The molecule has 0 fully saturated rings. The van der Waals surface area contributed by atoms with Crippen LogP contribution in [0.15, 0.2) is 12.1 Å². The van der Waals surface area contributed by atoms with Crippen LogP contribution in [-0.2, 0) is 0 Å². The fourth-order valence-electron chi connectivity index (χ4n) is 0.705. The molecule has 0 heterocycles. The van der Waals surface area contributed by atoms with E-state index < -0.39 is 11.7 Å². The zero-order chi connectivity index (χ0) is 9.30. The van der Waals surface area contributed by atoms with Crippen LogP contribution < -0.4 is 56.5 Å². The number of carboxylic acids is 1. The molecule has 0 saturated heterocycles. The number of halogens is 2. The number of aromatic carboxylic acids is 1. The normalized spacial score (nSPS) is 9.08. The molecule has 6 heteroatoms. The number of hydrogen-bond acceptors (Lipinski definition) is 3. The smallest absolute Gasteiger partial charge is 0.545 e. The van der Waals surface area contributed by atoms with Crippen molar-refractivity contribution in [3.63, 3.8) is 0 Å². The number of hydrogen-bond donors (Lipinski definition) is 1. The number of aromatic hydroxyl groups is 1. The number of benzene rings is 1. The average molecular weight is 245 g/mol. The quantitative estimate of drug-likeness (QED) is 0.586. The molecule has 0 amide bonds.